The molecule has 0 spiro atoms. The number of halogens is 2. The van der Waals surface area contributed by atoms with Crippen LogP contribution in [0.25, 0.3) is 0 Å². The molecule has 1 rings (SSSR count). The highest BCUT2D eigenvalue weighted by Crippen LogP contribution is 2.20. The third kappa shape index (κ3) is 2.64. The minimum Gasteiger partial charge on any atom is -0.475 e. The zero-order chi connectivity index (χ0) is 13.4. The zero-order valence-electron chi connectivity index (χ0n) is 8.40. The van der Waals surface area contributed by atoms with Crippen LogP contribution in [0.15, 0.2) is 17.0 Å². The maximum atomic E-state index is 13.3. The van der Waals surface area contributed by atoms with Gasteiger partial charge in [-0.25, -0.2) is 22.0 Å². The second kappa shape index (κ2) is 4.21. The smallest absolute Gasteiger partial charge is 0.377 e. The number of sulfone groups is 1. The van der Waals surface area contributed by atoms with Gasteiger partial charge >= 0.3 is 5.97 Å². The van der Waals surface area contributed by atoms with Gasteiger partial charge in [0.25, 0.3) is 5.78 Å². The first-order valence-corrected chi connectivity index (χ1v) is 6.00. The monoisotopic (exact) mass is 264 g/mol. The van der Waals surface area contributed by atoms with E-state index >= 15 is 0 Å². The average Bonchev–Trinajstić information content (AvgIpc) is 2.12. The van der Waals surface area contributed by atoms with Crippen molar-refractivity contribution in [3.05, 3.63) is 29.3 Å². The summed E-state index contributed by atoms with van der Waals surface area (Å²) in [6.45, 7) is 0. The molecule has 1 N–H and O–H groups in total. The summed E-state index contributed by atoms with van der Waals surface area (Å²) in [5.74, 6) is -6.42. The van der Waals surface area contributed by atoms with E-state index in [9.17, 15) is 26.8 Å². The van der Waals surface area contributed by atoms with Crippen LogP contribution in [0.5, 0.6) is 0 Å². The molecule has 0 saturated carbocycles. The highest BCUT2D eigenvalue weighted by atomic mass is 32.2. The Balaban J connectivity index is 3.49. The van der Waals surface area contributed by atoms with E-state index in [4.69, 9.17) is 5.11 Å². The number of carboxylic acid groups (broad SMARTS) is 1. The van der Waals surface area contributed by atoms with Gasteiger partial charge in [-0.1, -0.05) is 0 Å². The fraction of sp³-hybridized carbons (Fsp3) is 0.111. The molecule has 0 aliphatic rings. The van der Waals surface area contributed by atoms with E-state index in [1.165, 1.54) is 0 Å². The van der Waals surface area contributed by atoms with E-state index in [0.29, 0.717) is 18.4 Å². The molecule has 0 aliphatic heterocycles. The number of Topliss-reactive ketones (excluding diaryl/α,β-unsaturated/α-hetero) is 1. The number of hydrogen-bond donors (Lipinski definition) is 1. The molecule has 8 heteroatoms. The Bertz CT molecular complexity index is 583. The third-order valence-electron chi connectivity index (χ3n) is 1.83. The molecule has 0 aliphatic carbocycles. The lowest BCUT2D eigenvalue weighted by Crippen LogP contribution is -2.15. The minimum absolute atomic E-state index is 0.371. The Hall–Kier alpha value is -1.83. The van der Waals surface area contributed by atoms with Gasteiger partial charge in [-0.3, -0.25) is 4.79 Å². The third-order valence-corrected chi connectivity index (χ3v) is 2.96. The van der Waals surface area contributed by atoms with Gasteiger partial charge in [-0.2, -0.15) is 0 Å². The number of carbonyl (C=O) groups is 2. The molecular weight excluding hydrogens is 258 g/mol. The first-order valence-electron chi connectivity index (χ1n) is 4.11. The molecule has 5 nitrogen and oxygen atoms in total. The number of ketones is 1. The summed E-state index contributed by atoms with van der Waals surface area (Å²) < 4.78 is 48.5. The first kappa shape index (κ1) is 13.2. The van der Waals surface area contributed by atoms with Crippen molar-refractivity contribution in [2.24, 2.45) is 0 Å². The van der Waals surface area contributed by atoms with Gasteiger partial charge in [0.15, 0.2) is 9.84 Å². The van der Waals surface area contributed by atoms with Crippen molar-refractivity contribution in [2.75, 3.05) is 6.26 Å². The van der Waals surface area contributed by atoms with Gasteiger partial charge in [-0.05, 0) is 12.1 Å². The molecule has 0 bridgehead atoms. The Kier molecular flexibility index (Phi) is 3.28. The van der Waals surface area contributed by atoms with Gasteiger partial charge in [0.1, 0.15) is 16.5 Å². The molecule has 1 aromatic rings. The van der Waals surface area contributed by atoms with Gasteiger partial charge in [-0.15, -0.1) is 0 Å². The van der Waals surface area contributed by atoms with Crippen LogP contribution in [-0.4, -0.2) is 31.5 Å². The lowest BCUT2D eigenvalue weighted by atomic mass is 10.1. The van der Waals surface area contributed by atoms with Crippen molar-refractivity contribution in [3.8, 4) is 0 Å². The van der Waals surface area contributed by atoms with Crippen molar-refractivity contribution >= 4 is 21.6 Å². The maximum Gasteiger partial charge on any atom is 0.377 e. The first-order chi connectivity index (χ1) is 7.64. The number of benzene rings is 1. The molecule has 0 atom stereocenters. The maximum absolute atomic E-state index is 13.3. The molecule has 0 fully saturated rings. The zero-order valence-corrected chi connectivity index (χ0v) is 9.22. The normalized spacial score (nSPS) is 11.2. The van der Waals surface area contributed by atoms with Crippen LogP contribution in [-0.2, 0) is 14.6 Å². The number of hydrogen-bond acceptors (Lipinski definition) is 4. The van der Waals surface area contributed by atoms with Crippen molar-refractivity contribution in [1.29, 1.82) is 0 Å². The SMILES string of the molecule is CS(=O)(=O)c1c(F)cc(C(=O)C(=O)O)cc1F. The molecule has 0 heterocycles. The summed E-state index contributed by atoms with van der Waals surface area (Å²) in [6.07, 6.45) is 0.590. The molecule has 0 unspecified atom stereocenters. The van der Waals surface area contributed by atoms with Crippen molar-refractivity contribution in [3.63, 3.8) is 0 Å². The van der Waals surface area contributed by atoms with E-state index in [0.717, 1.165) is 0 Å². The largest absolute Gasteiger partial charge is 0.475 e. The average molecular weight is 264 g/mol. The summed E-state index contributed by atoms with van der Waals surface area (Å²) >= 11 is 0. The van der Waals surface area contributed by atoms with E-state index in [1.54, 1.807) is 0 Å². The van der Waals surface area contributed by atoms with Crippen LogP contribution < -0.4 is 0 Å². The van der Waals surface area contributed by atoms with Crippen molar-refractivity contribution in [2.45, 2.75) is 4.90 Å². The minimum atomic E-state index is -4.14. The summed E-state index contributed by atoms with van der Waals surface area (Å²) in [6, 6.07) is 0.742. The number of carbonyl (C=O) groups excluding carboxylic acids is 1. The number of rotatable bonds is 3. The molecule has 92 valence electrons. The van der Waals surface area contributed by atoms with Crippen molar-refractivity contribution < 1.29 is 31.9 Å². The summed E-state index contributed by atoms with van der Waals surface area (Å²) in [5.41, 5.74) is -0.764. The number of aliphatic carboxylic acids is 1. The molecule has 0 aromatic heterocycles. The lowest BCUT2D eigenvalue weighted by molar-refractivity contribution is -0.131. The lowest BCUT2D eigenvalue weighted by Gasteiger charge is -2.04. The molecule has 0 radical (unpaired) electrons. The van der Waals surface area contributed by atoms with Crippen LogP contribution in [0, 0.1) is 11.6 Å². The highest BCUT2D eigenvalue weighted by molar-refractivity contribution is 7.90. The van der Waals surface area contributed by atoms with Crippen LogP contribution in [0.4, 0.5) is 8.78 Å². The van der Waals surface area contributed by atoms with E-state index in [-0.39, 0.29) is 0 Å². The predicted octanol–water partition coefficient (Wildman–Crippen LogP) is 0.636. The predicted molar refractivity (Wildman–Crippen MR) is 51.4 cm³/mol. The van der Waals surface area contributed by atoms with Crippen LogP contribution in [0.2, 0.25) is 0 Å². The molecular formula is C9H6F2O5S. The topological polar surface area (TPSA) is 88.5 Å². The number of carboxylic acids is 1. The van der Waals surface area contributed by atoms with Crippen LogP contribution in [0.1, 0.15) is 10.4 Å². The van der Waals surface area contributed by atoms with Gasteiger partial charge < -0.3 is 5.11 Å². The summed E-state index contributed by atoms with van der Waals surface area (Å²) in [4.78, 5) is 20.0. The van der Waals surface area contributed by atoms with Crippen molar-refractivity contribution in [1.82, 2.24) is 0 Å². The molecule has 1 aromatic carbocycles. The Morgan fingerprint density at radius 3 is 1.88 bits per heavy atom. The fourth-order valence-corrected chi connectivity index (χ4v) is 1.99. The fourth-order valence-electron chi connectivity index (χ4n) is 1.17. The van der Waals surface area contributed by atoms with E-state index < -0.39 is 43.7 Å². The molecule has 0 amide bonds. The summed E-state index contributed by atoms with van der Waals surface area (Å²) in [5, 5.41) is 8.33. The molecule has 0 saturated heterocycles. The second-order valence-corrected chi connectivity index (χ2v) is 5.13. The Morgan fingerprint density at radius 1 is 1.18 bits per heavy atom. The second-order valence-electron chi connectivity index (χ2n) is 3.18. The molecule has 17 heavy (non-hydrogen) atoms. The highest BCUT2D eigenvalue weighted by Gasteiger charge is 2.24. The standard InChI is InChI=1S/C9H6F2O5S/c1-17(15,16)8-5(10)2-4(3-6(8)11)7(12)9(13)14/h2-3H,1H3,(H,13,14). The van der Waals surface area contributed by atoms with Crippen LogP contribution >= 0.6 is 0 Å². The van der Waals surface area contributed by atoms with Gasteiger partial charge in [0, 0.05) is 11.8 Å². The quantitative estimate of drug-likeness (QED) is 0.639. The Labute approximate surface area is 94.6 Å². The van der Waals surface area contributed by atoms with E-state index in [1.807, 2.05) is 0 Å². The summed E-state index contributed by atoms with van der Waals surface area (Å²) in [7, 11) is -4.14. The van der Waals surface area contributed by atoms with Gasteiger partial charge in [0.05, 0.1) is 0 Å². The van der Waals surface area contributed by atoms with E-state index in [2.05, 4.69) is 0 Å². The van der Waals surface area contributed by atoms with Gasteiger partial charge in [0.2, 0.25) is 0 Å². The Morgan fingerprint density at radius 2 is 1.59 bits per heavy atom. The van der Waals surface area contributed by atoms with Crippen LogP contribution in [0.3, 0.4) is 0 Å².